The van der Waals surface area contributed by atoms with Crippen LogP contribution in [0.2, 0.25) is 0 Å². The molecule has 0 aliphatic rings. The SMILES string of the molecule is Cc1ccc(C(CN)Oc2ccccc2CCO)o1. The molecule has 1 atom stereocenters. The van der Waals surface area contributed by atoms with Gasteiger partial charge in [-0.05, 0) is 37.1 Å². The van der Waals surface area contributed by atoms with Crippen LogP contribution in [0.4, 0.5) is 0 Å². The van der Waals surface area contributed by atoms with Gasteiger partial charge in [0.25, 0.3) is 0 Å². The van der Waals surface area contributed by atoms with Gasteiger partial charge >= 0.3 is 0 Å². The van der Waals surface area contributed by atoms with Crippen LogP contribution in [0.1, 0.15) is 23.2 Å². The monoisotopic (exact) mass is 261 g/mol. The Labute approximate surface area is 112 Å². The number of hydrogen-bond acceptors (Lipinski definition) is 4. The van der Waals surface area contributed by atoms with Crippen molar-refractivity contribution in [3.05, 3.63) is 53.5 Å². The predicted octanol–water partition coefficient (Wildman–Crippen LogP) is 2.20. The largest absolute Gasteiger partial charge is 0.481 e. The van der Waals surface area contributed by atoms with E-state index in [0.29, 0.717) is 13.0 Å². The first kappa shape index (κ1) is 13.6. The Morgan fingerprint density at radius 3 is 2.68 bits per heavy atom. The van der Waals surface area contributed by atoms with Crippen molar-refractivity contribution in [2.24, 2.45) is 5.73 Å². The molecule has 0 aliphatic carbocycles. The van der Waals surface area contributed by atoms with E-state index in [9.17, 15) is 0 Å². The number of rotatable bonds is 6. The Kier molecular flexibility index (Phi) is 4.60. The molecule has 3 N–H and O–H groups in total. The van der Waals surface area contributed by atoms with Gasteiger partial charge in [-0.3, -0.25) is 0 Å². The second-order valence-electron chi connectivity index (χ2n) is 4.37. The molecule has 0 spiro atoms. The highest BCUT2D eigenvalue weighted by Crippen LogP contribution is 2.26. The van der Waals surface area contributed by atoms with Crippen LogP contribution < -0.4 is 10.5 Å². The molecule has 102 valence electrons. The van der Waals surface area contributed by atoms with Crippen molar-refractivity contribution >= 4 is 0 Å². The van der Waals surface area contributed by atoms with Crippen LogP contribution in [0.5, 0.6) is 5.75 Å². The van der Waals surface area contributed by atoms with Crippen molar-refractivity contribution in [3.8, 4) is 5.75 Å². The molecule has 1 aromatic heterocycles. The Morgan fingerprint density at radius 2 is 2.05 bits per heavy atom. The number of aryl methyl sites for hydroxylation is 1. The molecule has 19 heavy (non-hydrogen) atoms. The molecule has 0 saturated carbocycles. The van der Waals surface area contributed by atoms with Crippen LogP contribution in [-0.4, -0.2) is 18.3 Å². The van der Waals surface area contributed by atoms with E-state index in [1.54, 1.807) is 0 Å². The quantitative estimate of drug-likeness (QED) is 0.836. The molecule has 0 saturated heterocycles. The summed E-state index contributed by atoms with van der Waals surface area (Å²) in [5.41, 5.74) is 6.72. The summed E-state index contributed by atoms with van der Waals surface area (Å²) < 4.78 is 11.5. The van der Waals surface area contributed by atoms with Crippen LogP contribution in [-0.2, 0) is 6.42 Å². The number of para-hydroxylation sites is 1. The summed E-state index contributed by atoms with van der Waals surface area (Å²) in [5.74, 6) is 2.29. The average molecular weight is 261 g/mol. The summed E-state index contributed by atoms with van der Waals surface area (Å²) in [5, 5.41) is 9.06. The number of nitrogens with two attached hydrogens (primary N) is 1. The smallest absolute Gasteiger partial charge is 0.168 e. The van der Waals surface area contributed by atoms with Crippen LogP contribution in [0, 0.1) is 6.92 Å². The summed E-state index contributed by atoms with van der Waals surface area (Å²) >= 11 is 0. The first-order chi connectivity index (χ1) is 9.24. The van der Waals surface area contributed by atoms with E-state index in [1.165, 1.54) is 0 Å². The molecule has 2 rings (SSSR count). The molecule has 0 bridgehead atoms. The van der Waals surface area contributed by atoms with E-state index in [2.05, 4.69) is 0 Å². The maximum atomic E-state index is 9.06. The van der Waals surface area contributed by atoms with Crippen molar-refractivity contribution in [1.29, 1.82) is 0 Å². The molecule has 0 aliphatic heterocycles. The maximum Gasteiger partial charge on any atom is 0.168 e. The van der Waals surface area contributed by atoms with Gasteiger partial charge in [-0.1, -0.05) is 18.2 Å². The first-order valence-corrected chi connectivity index (χ1v) is 6.36. The number of aliphatic hydroxyl groups is 1. The second kappa shape index (κ2) is 6.41. The van der Waals surface area contributed by atoms with Crippen LogP contribution in [0.3, 0.4) is 0 Å². The fraction of sp³-hybridized carbons (Fsp3) is 0.333. The summed E-state index contributed by atoms with van der Waals surface area (Å²) in [6.45, 7) is 2.31. The van der Waals surface area contributed by atoms with E-state index in [0.717, 1.165) is 22.8 Å². The summed E-state index contributed by atoms with van der Waals surface area (Å²) in [6.07, 6.45) is 0.249. The fourth-order valence-electron chi connectivity index (χ4n) is 1.95. The zero-order valence-corrected chi connectivity index (χ0v) is 11.0. The minimum Gasteiger partial charge on any atom is -0.481 e. The lowest BCUT2D eigenvalue weighted by atomic mass is 10.1. The number of benzene rings is 1. The van der Waals surface area contributed by atoms with Crippen molar-refractivity contribution in [3.63, 3.8) is 0 Å². The predicted molar refractivity (Wildman–Crippen MR) is 73.1 cm³/mol. The van der Waals surface area contributed by atoms with Gasteiger partial charge in [0.2, 0.25) is 0 Å². The van der Waals surface area contributed by atoms with Crippen molar-refractivity contribution in [2.75, 3.05) is 13.2 Å². The number of ether oxygens (including phenoxy) is 1. The van der Waals surface area contributed by atoms with E-state index >= 15 is 0 Å². The third-order valence-corrected chi connectivity index (χ3v) is 2.92. The van der Waals surface area contributed by atoms with Gasteiger partial charge in [0, 0.05) is 13.2 Å². The molecule has 0 fully saturated rings. The van der Waals surface area contributed by atoms with Crippen LogP contribution >= 0.6 is 0 Å². The van der Waals surface area contributed by atoms with Gasteiger partial charge in [0.1, 0.15) is 17.3 Å². The summed E-state index contributed by atoms with van der Waals surface area (Å²) in [4.78, 5) is 0. The lowest BCUT2D eigenvalue weighted by Crippen LogP contribution is -2.18. The summed E-state index contributed by atoms with van der Waals surface area (Å²) in [7, 11) is 0. The highest BCUT2D eigenvalue weighted by Gasteiger charge is 2.16. The molecule has 0 radical (unpaired) electrons. The highest BCUT2D eigenvalue weighted by atomic mass is 16.5. The summed E-state index contributed by atoms with van der Waals surface area (Å²) in [6, 6.07) is 11.4. The van der Waals surface area contributed by atoms with Gasteiger partial charge in [-0.2, -0.15) is 0 Å². The molecule has 1 unspecified atom stereocenters. The van der Waals surface area contributed by atoms with Crippen molar-refractivity contribution in [2.45, 2.75) is 19.4 Å². The third kappa shape index (κ3) is 3.36. The van der Waals surface area contributed by atoms with Gasteiger partial charge in [-0.25, -0.2) is 0 Å². The molecule has 2 aromatic rings. The van der Waals surface area contributed by atoms with E-state index in [1.807, 2.05) is 43.3 Å². The maximum absolute atomic E-state index is 9.06. The minimum absolute atomic E-state index is 0.0908. The molecule has 1 aromatic carbocycles. The second-order valence-corrected chi connectivity index (χ2v) is 4.37. The van der Waals surface area contributed by atoms with Gasteiger partial charge in [0.05, 0.1) is 0 Å². The Balaban J connectivity index is 2.18. The van der Waals surface area contributed by atoms with Gasteiger partial charge in [-0.15, -0.1) is 0 Å². The van der Waals surface area contributed by atoms with Crippen LogP contribution in [0.15, 0.2) is 40.8 Å². The zero-order chi connectivity index (χ0) is 13.7. The highest BCUT2D eigenvalue weighted by molar-refractivity contribution is 5.34. The Morgan fingerprint density at radius 1 is 1.26 bits per heavy atom. The number of aliphatic hydroxyl groups excluding tert-OH is 1. The van der Waals surface area contributed by atoms with Crippen molar-refractivity contribution in [1.82, 2.24) is 0 Å². The number of furan rings is 1. The third-order valence-electron chi connectivity index (χ3n) is 2.92. The van der Waals surface area contributed by atoms with E-state index in [4.69, 9.17) is 20.0 Å². The lowest BCUT2D eigenvalue weighted by molar-refractivity contribution is 0.179. The average Bonchev–Trinajstić information content (AvgIpc) is 2.84. The van der Waals surface area contributed by atoms with Gasteiger partial charge < -0.3 is 20.0 Å². The first-order valence-electron chi connectivity index (χ1n) is 6.36. The van der Waals surface area contributed by atoms with Crippen LogP contribution in [0.25, 0.3) is 0 Å². The number of hydrogen-bond donors (Lipinski definition) is 2. The molecular weight excluding hydrogens is 242 g/mol. The van der Waals surface area contributed by atoms with E-state index < -0.39 is 0 Å². The van der Waals surface area contributed by atoms with Crippen molar-refractivity contribution < 1.29 is 14.3 Å². The van der Waals surface area contributed by atoms with E-state index in [-0.39, 0.29) is 12.7 Å². The molecule has 0 amide bonds. The molecule has 4 heteroatoms. The standard InChI is InChI=1S/C15H19NO3/c1-11-6-7-14(18-11)15(10-16)19-13-5-3-2-4-12(13)8-9-17/h2-7,15,17H,8-10,16H2,1H3. The fourth-order valence-corrected chi connectivity index (χ4v) is 1.95. The topological polar surface area (TPSA) is 68.6 Å². The van der Waals surface area contributed by atoms with Gasteiger partial charge in [0.15, 0.2) is 6.10 Å². The zero-order valence-electron chi connectivity index (χ0n) is 11.0. The molecule has 1 heterocycles. The molecular formula is C15H19NO3. The minimum atomic E-state index is -0.312. The molecule has 4 nitrogen and oxygen atoms in total. The Hall–Kier alpha value is -1.78. The Bertz CT molecular complexity index is 522. The lowest BCUT2D eigenvalue weighted by Gasteiger charge is -2.17. The normalized spacial score (nSPS) is 12.4.